The van der Waals surface area contributed by atoms with E-state index in [0.29, 0.717) is 11.5 Å². The highest BCUT2D eigenvalue weighted by Gasteiger charge is 2.37. The van der Waals surface area contributed by atoms with Crippen LogP contribution in [-0.4, -0.2) is 29.9 Å². The summed E-state index contributed by atoms with van der Waals surface area (Å²) in [7, 11) is 0. The lowest BCUT2D eigenvalue weighted by Crippen LogP contribution is -2.14. The van der Waals surface area contributed by atoms with E-state index in [1.165, 1.54) is 0 Å². The van der Waals surface area contributed by atoms with Gasteiger partial charge < -0.3 is 9.47 Å². The summed E-state index contributed by atoms with van der Waals surface area (Å²) in [6.45, 7) is -1.59. The van der Waals surface area contributed by atoms with E-state index >= 15 is 0 Å². The van der Waals surface area contributed by atoms with Gasteiger partial charge in [-0.3, -0.25) is 0 Å². The van der Waals surface area contributed by atoms with Gasteiger partial charge in [0.05, 0.1) is 0 Å². The van der Waals surface area contributed by atoms with Crippen LogP contribution in [-0.2, 0) is 12.9 Å². The van der Waals surface area contributed by atoms with Crippen molar-refractivity contribution < 1.29 is 27.0 Å². The summed E-state index contributed by atoms with van der Waals surface area (Å²) in [4.78, 5) is 24.8. The summed E-state index contributed by atoms with van der Waals surface area (Å²) < 4.78 is 67.3. The lowest BCUT2D eigenvalue weighted by Gasteiger charge is -2.15. The van der Waals surface area contributed by atoms with E-state index < -0.39 is 41.1 Å². The van der Waals surface area contributed by atoms with Gasteiger partial charge in [-0.05, 0) is 24.3 Å². The Morgan fingerprint density at radius 3 is 1.40 bits per heavy atom. The van der Waals surface area contributed by atoms with Gasteiger partial charge in [0.2, 0.25) is 0 Å². The number of para-hydroxylation sites is 2. The Hall–Kier alpha value is -6.02. The number of aromatic nitrogens is 6. The van der Waals surface area contributed by atoms with Crippen molar-refractivity contribution in [2.75, 3.05) is 0 Å². The Labute approximate surface area is 232 Å². The molecule has 14 heteroatoms. The third-order valence-electron chi connectivity index (χ3n) is 5.89. The second-order valence-corrected chi connectivity index (χ2v) is 8.55. The quantitative estimate of drug-likeness (QED) is 0.171. The van der Waals surface area contributed by atoms with Gasteiger partial charge >= 0.3 is 6.18 Å². The predicted octanol–water partition coefficient (Wildman–Crippen LogP) is 6.33. The number of fused-ring (bicyclic) bond motifs is 6. The Morgan fingerprint density at radius 2 is 1.00 bits per heavy atom. The highest BCUT2D eigenvalue weighted by Crippen LogP contribution is 2.39. The van der Waals surface area contributed by atoms with Crippen LogP contribution >= 0.6 is 0 Å². The SMILES string of the molecule is N#Cc1nc2c(nc1C#N)c1nc(C(F)(F)F)c(CF)nc1c1nc(Oc3ccccc3)c(Oc3ccccc3)nc21. The Morgan fingerprint density at radius 1 is 0.595 bits per heavy atom. The normalized spacial score (nSPS) is 11.4. The van der Waals surface area contributed by atoms with E-state index in [4.69, 9.17) is 9.47 Å². The van der Waals surface area contributed by atoms with Crippen molar-refractivity contribution >= 4 is 33.1 Å². The minimum absolute atomic E-state index is 0.115. The summed E-state index contributed by atoms with van der Waals surface area (Å²) in [5.41, 5.74) is -5.06. The van der Waals surface area contributed by atoms with E-state index in [1.54, 1.807) is 72.8 Å². The van der Waals surface area contributed by atoms with Crippen molar-refractivity contribution in [3.05, 3.63) is 83.4 Å². The highest BCUT2D eigenvalue weighted by molar-refractivity contribution is 6.18. The van der Waals surface area contributed by atoms with Gasteiger partial charge in [0.25, 0.3) is 11.8 Å². The number of nitriles is 2. The smallest absolute Gasteiger partial charge is 0.435 e. The standard InChI is InChI=1S/C28H12F4N8O2/c29-11-16-25(28(30,31)32)38-22-19-20(37-18(13-34)17(12-33)36-19)23-24(21(22)35-16)40-27(42-15-9-5-2-6-10-15)26(39-23)41-14-7-3-1-4-8-14/h1-10H,11H2. The molecule has 3 heterocycles. The number of hydrogen-bond donors (Lipinski definition) is 0. The van der Waals surface area contributed by atoms with Crippen LogP contribution in [0.3, 0.4) is 0 Å². The van der Waals surface area contributed by atoms with E-state index in [2.05, 4.69) is 29.9 Å². The van der Waals surface area contributed by atoms with Crippen LogP contribution in [0.1, 0.15) is 22.8 Å². The number of halogens is 4. The molecule has 204 valence electrons. The fourth-order valence-corrected chi connectivity index (χ4v) is 4.11. The van der Waals surface area contributed by atoms with Gasteiger partial charge in [-0.1, -0.05) is 36.4 Å². The molecule has 0 bridgehead atoms. The van der Waals surface area contributed by atoms with E-state index in [1.807, 2.05) is 0 Å². The third-order valence-corrected chi connectivity index (χ3v) is 5.89. The van der Waals surface area contributed by atoms with Crippen LogP contribution < -0.4 is 9.47 Å². The largest absolute Gasteiger partial charge is 0.435 e. The van der Waals surface area contributed by atoms with Crippen LogP contribution in [0.4, 0.5) is 17.6 Å². The second-order valence-electron chi connectivity index (χ2n) is 8.55. The molecule has 3 aromatic carbocycles. The molecule has 0 aliphatic heterocycles. The molecule has 6 aromatic rings. The number of nitrogens with zero attached hydrogens (tertiary/aromatic N) is 8. The Bertz CT molecular complexity index is 2090. The maximum Gasteiger partial charge on any atom is 0.435 e. The molecule has 0 radical (unpaired) electrons. The molecule has 10 nitrogen and oxygen atoms in total. The summed E-state index contributed by atoms with van der Waals surface area (Å²) >= 11 is 0. The van der Waals surface area contributed by atoms with Crippen LogP contribution in [0, 0.1) is 22.7 Å². The molecule has 0 fully saturated rings. The van der Waals surface area contributed by atoms with Gasteiger partial charge in [0.1, 0.15) is 69.1 Å². The minimum atomic E-state index is -5.07. The second kappa shape index (κ2) is 10.2. The maximum absolute atomic E-state index is 13.9. The van der Waals surface area contributed by atoms with Gasteiger partial charge in [0.15, 0.2) is 17.1 Å². The summed E-state index contributed by atoms with van der Waals surface area (Å²) in [6, 6.07) is 20.3. The van der Waals surface area contributed by atoms with Crippen molar-refractivity contribution in [2.24, 2.45) is 0 Å². The first-order valence-electron chi connectivity index (χ1n) is 12.0. The Balaban J connectivity index is 1.76. The number of rotatable bonds is 5. The molecule has 0 spiro atoms. The first kappa shape index (κ1) is 26.2. The van der Waals surface area contributed by atoms with Crippen LogP contribution in [0.25, 0.3) is 33.1 Å². The highest BCUT2D eigenvalue weighted by atomic mass is 19.4. The molecule has 0 unspecified atom stereocenters. The average Bonchev–Trinajstić information content (AvgIpc) is 3.00. The van der Waals surface area contributed by atoms with Crippen molar-refractivity contribution in [1.29, 1.82) is 10.5 Å². The average molecular weight is 568 g/mol. The maximum atomic E-state index is 13.9. The first-order chi connectivity index (χ1) is 20.3. The molecular weight excluding hydrogens is 556 g/mol. The van der Waals surface area contributed by atoms with E-state index in [-0.39, 0.29) is 39.3 Å². The van der Waals surface area contributed by atoms with Gasteiger partial charge in [-0.25, -0.2) is 34.3 Å². The summed E-state index contributed by atoms with van der Waals surface area (Å²) in [6.07, 6.45) is -5.07. The first-order valence-corrected chi connectivity index (χ1v) is 12.0. The molecule has 0 N–H and O–H groups in total. The zero-order valence-corrected chi connectivity index (χ0v) is 20.9. The van der Waals surface area contributed by atoms with Crippen molar-refractivity contribution in [3.63, 3.8) is 0 Å². The van der Waals surface area contributed by atoms with Gasteiger partial charge in [-0.15, -0.1) is 0 Å². The number of benzene rings is 3. The topological polar surface area (TPSA) is 143 Å². The molecule has 0 aliphatic carbocycles. The number of hydrogen-bond acceptors (Lipinski definition) is 10. The molecular formula is C28H12F4N8O2. The fourth-order valence-electron chi connectivity index (χ4n) is 4.11. The van der Waals surface area contributed by atoms with Crippen LogP contribution in [0.5, 0.6) is 23.3 Å². The molecule has 6 rings (SSSR count). The van der Waals surface area contributed by atoms with Crippen LogP contribution in [0.15, 0.2) is 60.7 Å². The van der Waals surface area contributed by atoms with Crippen LogP contribution in [0.2, 0.25) is 0 Å². The third kappa shape index (κ3) is 4.56. The fraction of sp³-hybridized carbons (Fsp3) is 0.0714. The van der Waals surface area contributed by atoms with E-state index in [9.17, 15) is 28.1 Å². The molecule has 0 atom stereocenters. The lowest BCUT2D eigenvalue weighted by atomic mass is 10.1. The van der Waals surface area contributed by atoms with E-state index in [0.717, 1.165) is 0 Å². The number of ether oxygens (including phenoxy) is 2. The summed E-state index contributed by atoms with van der Waals surface area (Å²) in [5.74, 6) is 0.297. The van der Waals surface area contributed by atoms with Crippen molar-refractivity contribution in [3.8, 4) is 35.4 Å². The van der Waals surface area contributed by atoms with Gasteiger partial charge in [-0.2, -0.15) is 23.7 Å². The minimum Gasteiger partial charge on any atom is -0.435 e. The number of alkyl halides is 4. The molecule has 42 heavy (non-hydrogen) atoms. The summed E-state index contributed by atoms with van der Waals surface area (Å²) in [5, 5.41) is 19.1. The monoisotopic (exact) mass is 568 g/mol. The van der Waals surface area contributed by atoms with Crippen molar-refractivity contribution in [1.82, 2.24) is 29.9 Å². The lowest BCUT2D eigenvalue weighted by molar-refractivity contribution is -0.142. The molecule has 0 aliphatic rings. The predicted molar refractivity (Wildman–Crippen MR) is 138 cm³/mol. The molecule has 0 saturated carbocycles. The molecule has 0 amide bonds. The van der Waals surface area contributed by atoms with Gasteiger partial charge in [0, 0.05) is 0 Å². The zero-order valence-electron chi connectivity index (χ0n) is 20.9. The zero-order chi connectivity index (χ0) is 29.4. The Kier molecular flexibility index (Phi) is 6.36. The van der Waals surface area contributed by atoms with Crippen molar-refractivity contribution in [2.45, 2.75) is 12.9 Å². The molecule has 3 aromatic heterocycles. The molecule has 0 saturated heterocycles.